The number of alkyl halides is 3. The molecule has 0 radical (unpaired) electrons. The topological polar surface area (TPSA) is 54.7 Å². The van der Waals surface area contributed by atoms with Crippen molar-refractivity contribution in [3.8, 4) is 11.4 Å². The Labute approximate surface area is 126 Å². The van der Waals surface area contributed by atoms with Crippen LogP contribution in [0.4, 0.5) is 18.9 Å². The molecule has 1 aromatic heterocycles. The van der Waals surface area contributed by atoms with Crippen LogP contribution in [0, 0.1) is 0 Å². The lowest BCUT2D eigenvalue weighted by molar-refractivity contribution is -0.137. The van der Waals surface area contributed by atoms with Crippen LogP contribution >= 0.6 is 15.9 Å². The molecular formula is C14H9BrF3N3. The van der Waals surface area contributed by atoms with Gasteiger partial charge >= 0.3 is 6.18 Å². The maximum absolute atomic E-state index is 12.5. The predicted molar refractivity (Wildman–Crippen MR) is 78.6 cm³/mol. The highest BCUT2D eigenvalue weighted by atomic mass is 79.9. The van der Waals surface area contributed by atoms with Gasteiger partial charge in [-0.2, -0.15) is 13.2 Å². The zero-order valence-electron chi connectivity index (χ0n) is 10.5. The first-order chi connectivity index (χ1) is 9.84. The maximum Gasteiger partial charge on any atom is 0.416 e. The SMILES string of the molecule is Nc1cc(Br)cc2[nH]c(-c3ccc(C(F)(F)F)cc3)nc12. The van der Waals surface area contributed by atoms with Crippen LogP contribution in [0.5, 0.6) is 0 Å². The second kappa shape index (κ2) is 4.77. The van der Waals surface area contributed by atoms with Crippen LogP contribution in [0.2, 0.25) is 0 Å². The van der Waals surface area contributed by atoms with Crippen molar-refractivity contribution in [1.29, 1.82) is 0 Å². The third-order valence-electron chi connectivity index (χ3n) is 3.07. The van der Waals surface area contributed by atoms with Gasteiger partial charge in [-0.15, -0.1) is 0 Å². The smallest absolute Gasteiger partial charge is 0.397 e. The molecule has 2 aromatic carbocycles. The summed E-state index contributed by atoms with van der Waals surface area (Å²) >= 11 is 3.33. The van der Waals surface area contributed by atoms with Crippen LogP contribution < -0.4 is 5.73 Å². The molecule has 0 saturated heterocycles. The lowest BCUT2D eigenvalue weighted by atomic mass is 10.1. The molecule has 3 rings (SSSR count). The van der Waals surface area contributed by atoms with Crippen molar-refractivity contribution in [2.24, 2.45) is 0 Å². The fourth-order valence-corrected chi connectivity index (χ4v) is 2.54. The Bertz CT molecular complexity index is 807. The molecule has 0 saturated carbocycles. The van der Waals surface area contributed by atoms with E-state index in [1.165, 1.54) is 12.1 Å². The molecule has 3 nitrogen and oxygen atoms in total. The van der Waals surface area contributed by atoms with E-state index in [1.54, 1.807) is 6.07 Å². The van der Waals surface area contributed by atoms with E-state index in [2.05, 4.69) is 25.9 Å². The number of nitrogens with one attached hydrogen (secondary N) is 1. The van der Waals surface area contributed by atoms with Crippen molar-refractivity contribution in [3.05, 3.63) is 46.4 Å². The fourth-order valence-electron chi connectivity index (χ4n) is 2.06. The highest BCUT2D eigenvalue weighted by Crippen LogP contribution is 2.32. The summed E-state index contributed by atoms with van der Waals surface area (Å²) in [5.41, 5.74) is 7.55. The predicted octanol–water partition coefficient (Wildman–Crippen LogP) is 4.59. The summed E-state index contributed by atoms with van der Waals surface area (Å²) in [5, 5.41) is 0. The Morgan fingerprint density at radius 1 is 1.10 bits per heavy atom. The standard InChI is InChI=1S/C14H9BrF3N3/c15-9-5-10(19)12-11(6-9)20-13(21-12)7-1-3-8(4-2-7)14(16,17)18/h1-6H,19H2,(H,20,21). The highest BCUT2D eigenvalue weighted by Gasteiger charge is 2.30. The third kappa shape index (κ3) is 2.61. The lowest BCUT2D eigenvalue weighted by Gasteiger charge is -2.06. The molecular weight excluding hydrogens is 347 g/mol. The van der Waals surface area contributed by atoms with E-state index < -0.39 is 11.7 Å². The average Bonchev–Trinajstić information content (AvgIpc) is 2.82. The van der Waals surface area contributed by atoms with E-state index in [0.717, 1.165) is 22.1 Å². The zero-order chi connectivity index (χ0) is 15.2. The Kier molecular flexibility index (Phi) is 3.16. The van der Waals surface area contributed by atoms with Gasteiger partial charge in [0.15, 0.2) is 0 Å². The Hall–Kier alpha value is -2.02. The number of H-pyrrole nitrogens is 1. The fraction of sp³-hybridized carbons (Fsp3) is 0.0714. The second-order valence-corrected chi connectivity index (χ2v) is 5.47. The molecule has 3 aromatic rings. The van der Waals surface area contributed by atoms with Crippen molar-refractivity contribution in [3.63, 3.8) is 0 Å². The molecule has 0 aliphatic carbocycles. The molecule has 108 valence electrons. The van der Waals surface area contributed by atoms with Crippen molar-refractivity contribution < 1.29 is 13.2 Å². The molecule has 0 fully saturated rings. The number of imidazole rings is 1. The Balaban J connectivity index is 2.06. The quantitative estimate of drug-likeness (QED) is 0.627. The number of nitrogens with two attached hydrogens (primary N) is 1. The Morgan fingerprint density at radius 3 is 2.38 bits per heavy atom. The van der Waals surface area contributed by atoms with Crippen LogP contribution in [0.25, 0.3) is 22.4 Å². The molecule has 0 atom stereocenters. The largest absolute Gasteiger partial charge is 0.416 e. The van der Waals surface area contributed by atoms with E-state index in [9.17, 15) is 13.2 Å². The van der Waals surface area contributed by atoms with Gasteiger partial charge in [0.2, 0.25) is 0 Å². The van der Waals surface area contributed by atoms with Gasteiger partial charge in [0, 0.05) is 10.0 Å². The first-order valence-corrected chi connectivity index (χ1v) is 6.76. The van der Waals surface area contributed by atoms with E-state index >= 15 is 0 Å². The molecule has 3 N–H and O–H groups in total. The summed E-state index contributed by atoms with van der Waals surface area (Å²) < 4.78 is 38.4. The van der Waals surface area contributed by atoms with E-state index in [1.807, 2.05) is 6.07 Å². The monoisotopic (exact) mass is 355 g/mol. The zero-order valence-corrected chi connectivity index (χ0v) is 12.1. The second-order valence-electron chi connectivity index (χ2n) is 4.55. The van der Waals surface area contributed by atoms with Gasteiger partial charge in [-0.25, -0.2) is 4.98 Å². The normalized spacial score (nSPS) is 12.0. The van der Waals surface area contributed by atoms with Gasteiger partial charge in [-0.1, -0.05) is 28.1 Å². The molecule has 0 bridgehead atoms. The number of nitrogen functional groups attached to an aromatic ring is 1. The number of hydrogen-bond acceptors (Lipinski definition) is 2. The maximum atomic E-state index is 12.5. The van der Waals surface area contributed by atoms with Gasteiger partial charge in [-0.05, 0) is 24.3 Å². The average molecular weight is 356 g/mol. The molecule has 7 heteroatoms. The minimum absolute atomic E-state index is 0.475. The summed E-state index contributed by atoms with van der Waals surface area (Å²) in [4.78, 5) is 7.38. The number of rotatable bonds is 1. The van der Waals surface area contributed by atoms with E-state index in [-0.39, 0.29) is 0 Å². The molecule has 0 spiro atoms. The molecule has 0 aliphatic heterocycles. The number of halogens is 4. The van der Waals surface area contributed by atoms with Gasteiger partial charge in [-0.3, -0.25) is 0 Å². The first-order valence-electron chi connectivity index (χ1n) is 5.97. The van der Waals surface area contributed by atoms with Crippen molar-refractivity contribution in [2.75, 3.05) is 5.73 Å². The Morgan fingerprint density at radius 2 is 1.76 bits per heavy atom. The summed E-state index contributed by atoms with van der Waals surface area (Å²) in [6, 6.07) is 8.35. The summed E-state index contributed by atoms with van der Waals surface area (Å²) in [6.07, 6.45) is -4.35. The van der Waals surface area contributed by atoms with E-state index in [4.69, 9.17) is 5.73 Å². The molecule has 21 heavy (non-hydrogen) atoms. The number of fused-ring (bicyclic) bond motifs is 1. The number of nitrogens with zero attached hydrogens (tertiary/aromatic N) is 1. The minimum Gasteiger partial charge on any atom is -0.397 e. The highest BCUT2D eigenvalue weighted by molar-refractivity contribution is 9.10. The van der Waals surface area contributed by atoms with Crippen LogP contribution in [-0.2, 0) is 6.18 Å². The summed E-state index contributed by atoms with van der Waals surface area (Å²) in [5.74, 6) is 0.475. The molecule has 0 unspecified atom stereocenters. The van der Waals surface area contributed by atoms with E-state index in [0.29, 0.717) is 22.6 Å². The minimum atomic E-state index is -4.35. The van der Waals surface area contributed by atoms with Gasteiger partial charge in [0.25, 0.3) is 0 Å². The number of anilines is 1. The molecule has 0 aliphatic rings. The number of benzene rings is 2. The van der Waals surface area contributed by atoms with Crippen molar-refractivity contribution >= 4 is 32.7 Å². The number of hydrogen-bond donors (Lipinski definition) is 2. The third-order valence-corrected chi connectivity index (χ3v) is 3.52. The van der Waals surface area contributed by atoms with Crippen LogP contribution in [0.3, 0.4) is 0 Å². The lowest BCUT2D eigenvalue weighted by Crippen LogP contribution is -2.04. The molecule has 0 amide bonds. The number of aromatic amines is 1. The van der Waals surface area contributed by atoms with Crippen LogP contribution in [-0.4, -0.2) is 9.97 Å². The van der Waals surface area contributed by atoms with Gasteiger partial charge < -0.3 is 10.7 Å². The van der Waals surface area contributed by atoms with Crippen molar-refractivity contribution in [2.45, 2.75) is 6.18 Å². The van der Waals surface area contributed by atoms with Gasteiger partial charge in [0.1, 0.15) is 11.3 Å². The summed E-state index contributed by atoms with van der Waals surface area (Å²) in [7, 11) is 0. The van der Waals surface area contributed by atoms with Gasteiger partial charge in [0.05, 0.1) is 16.8 Å². The molecule has 1 heterocycles. The first kappa shape index (κ1) is 13.9. The summed E-state index contributed by atoms with van der Waals surface area (Å²) in [6.45, 7) is 0. The van der Waals surface area contributed by atoms with Crippen molar-refractivity contribution in [1.82, 2.24) is 9.97 Å². The van der Waals surface area contributed by atoms with Crippen LogP contribution in [0.15, 0.2) is 40.9 Å². The number of aromatic nitrogens is 2. The van der Waals surface area contributed by atoms with Crippen LogP contribution in [0.1, 0.15) is 5.56 Å².